The molecule has 1 unspecified atom stereocenters. The van der Waals surface area contributed by atoms with E-state index in [1.54, 1.807) is 28.4 Å². The predicted octanol–water partition coefficient (Wildman–Crippen LogP) is 6.86. The van der Waals surface area contributed by atoms with Crippen LogP contribution in [0.15, 0.2) is 59.7 Å². The van der Waals surface area contributed by atoms with Crippen LogP contribution in [0.1, 0.15) is 56.0 Å². The second kappa shape index (κ2) is 19.0. The number of pyridine rings is 1. The minimum atomic E-state index is -1.02. The number of hydrogen-bond acceptors (Lipinski definition) is 12. The van der Waals surface area contributed by atoms with Gasteiger partial charge in [-0.25, -0.2) is 4.79 Å². The van der Waals surface area contributed by atoms with Crippen molar-refractivity contribution in [2.45, 2.75) is 33.2 Å². The van der Waals surface area contributed by atoms with Crippen molar-refractivity contribution in [2.75, 3.05) is 65.0 Å². The normalized spacial score (nSPS) is 14.7. The number of fused-ring (bicyclic) bond motifs is 4. The van der Waals surface area contributed by atoms with Gasteiger partial charge < -0.3 is 39.5 Å². The summed E-state index contributed by atoms with van der Waals surface area (Å²) < 4.78 is 13.0. The minimum absolute atomic E-state index is 0.0165. The number of aromatic nitrogens is 5. The van der Waals surface area contributed by atoms with Gasteiger partial charge in [0.05, 0.1) is 30.0 Å². The molecule has 1 atom stereocenters. The highest BCUT2D eigenvalue weighted by Gasteiger charge is 2.31. The number of likely N-dealkylation sites (N-methyl/N-ethyl adjacent to an activating group) is 1. The van der Waals surface area contributed by atoms with E-state index in [1.165, 1.54) is 23.7 Å². The number of methoxy groups -OCH3 is 1. The maximum absolute atomic E-state index is 12.4. The van der Waals surface area contributed by atoms with Gasteiger partial charge in [-0.1, -0.05) is 35.3 Å². The summed E-state index contributed by atoms with van der Waals surface area (Å²) in [5.41, 5.74) is 6.20. The molecule has 2 aliphatic rings. The molecule has 18 heteroatoms. The number of aryl methyl sites for hydroxylation is 2. The van der Waals surface area contributed by atoms with E-state index in [9.17, 15) is 19.5 Å². The van der Waals surface area contributed by atoms with Crippen LogP contribution in [0.3, 0.4) is 0 Å². The quantitative estimate of drug-likeness (QED) is 0.0863. The molecule has 0 aliphatic carbocycles. The summed E-state index contributed by atoms with van der Waals surface area (Å²) in [7, 11) is 3.37. The average molecular weight is 887 g/mol. The molecule has 15 nitrogen and oxygen atoms in total. The van der Waals surface area contributed by atoms with E-state index >= 15 is 0 Å². The Hall–Kier alpha value is -5.65. The number of aldehydes is 1. The molecule has 0 spiro atoms. The van der Waals surface area contributed by atoms with Gasteiger partial charge in [-0.3, -0.25) is 14.4 Å². The van der Waals surface area contributed by atoms with E-state index < -0.39 is 5.97 Å². The molecule has 3 N–H and O–H groups in total. The Morgan fingerprint density at radius 3 is 2.48 bits per heavy atom. The molecule has 1 saturated heterocycles. The summed E-state index contributed by atoms with van der Waals surface area (Å²) in [6, 6.07) is 14.5. The van der Waals surface area contributed by atoms with Crippen LogP contribution < -0.4 is 15.0 Å². The van der Waals surface area contributed by atoms with Gasteiger partial charge in [0.1, 0.15) is 35.6 Å². The molecule has 8 rings (SSSR count). The highest BCUT2D eigenvalue weighted by Crippen LogP contribution is 2.40. The van der Waals surface area contributed by atoms with Crippen LogP contribution in [0, 0.1) is 20.8 Å². The maximum atomic E-state index is 12.4. The number of H-pyrrole nitrogens is 1. The number of halogens is 2. The summed E-state index contributed by atoms with van der Waals surface area (Å²) in [6.45, 7) is 9.85. The number of rotatable bonds is 12. The number of aromatic carboxylic acids is 1. The number of carbonyl (C=O) groups is 3. The molecule has 2 aromatic carbocycles. The van der Waals surface area contributed by atoms with Gasteiger partial charge in [0.25, 0.3) is 0 Å². The lowest BCUT2D eigenvalue weighted by Gasteiger charge is -2.35. The van der Waals surface area contributed by atoms with Gasteiger partial charge in [-0.2, -0.15) is 4.98 Å². The third-order valence-corrected chi connectivity index (χ3v) is 12.4. The molecule has 0 saturated carbocycles. The van der Waals surface area contributed by atoms with E-state index in [2.05, 4.69) is 44.2 Å². The molecule has 1 amide bonds. The predicted molar refractivity (Wildman–Crippen MR) is 238 cm³/mol. The largest absolute Gasteiger partial charge is 0.480 e. The van der Waals surface area contributed by atoms with Crippen molar-refractivity contribution in [1.82, 2.24) is 34.9 Å². The van der Waals surface area contributed by atoms with Crippen LogP contribution in [0.2, 0.25) is 10.0 Å². The van der Waals surface area contributed by atoms with Crippen molar-refractivity contribution >= 4 is 75.1 Å². The van der Waals surface area contributed by atoms with E-state index in [-0.39, 0.29) is 30.5 Å². The molecule has 6 aromatic rings. The molecule has 2 aliphatic heterocycles. The Morgan fingerprint density at radius 2 is 1.79 bits per heavy atom. The first-order chi connectivity index (χ1) is 29.4. The number of aromatic amines is 1. The lowest BCUT2D eigenvalue weighted by molar-refractivity contribution is -0.136. The first-order valence-electron chi connectivity index (χ1n) is 19.6. The van der Waals surface area contributed by atoms with Crippen molar-refractivity contribution in [1.29, 1.82) is 0 Å². The first kappa shape index (κ1) is 43.4. The van der Waals surface area contributed by atoms with E-state index in [1.807, 2.05) is 54.9 Å². The zero-order valence-electron chi connectivity index (χ0n) is 34.3. The van der Waals surface area contributed by atoms with Crippen LogP contribution in [0.4, 0.5) is 5.82 Å². The number of carbonyl (C=O) groups excluding carboxylic acids is 2. The van der Waals surface area contributed by atoms with Crippen LogP contribution in [-0.2, 0) is 14.3 Å². The fraction of sp³-hybridized carbons (Fsp3) is 0.326. The number of nitrogens with one attached hydrogen (secondary N) is 2. The molecule has 1 fully saturated rings. The van der Waals surface area contributed by atoms with Crippen LogP contribution >= 0.6 is 34.5 Å². The van der Waals surface area contributed by atoms with Crippen molar-refractivity contribution in [2.24, 2.45) is 4.99 Å². The Balaban J connectivity index is 0.000000192. The second-order valence-corrected chi connectivity index (χ2v) is 16.5. The van der Waals surface area contributed by atoms with Gasteiger partial charge in [0.15, 0.2) is 5.82 Å². The Kier molecular flexibility index (Phi) is 13.5. The molecule has 0 bridgehead atoms. The SMILES string of the molecule is CNCCOCC(=O)N1CCN(c2ccc(-c3cc4c(C(=O)O)c[nH]c4cc3Cl)c(OC)n2)CC1.Cc1sc2c(c1C)C(c1ccc(Cl)cc1)=NC(CC=O)c1nnc(C)n1-2. The van der Waals surface area contributed by atoms with E-state index in [0.717, 1.165) is 39.8 Å². The van der Waals surface area contributed by atoms with Gasteiger partial charge >= 0.3 is 5.97 Å². The lowest BCUT2D eigenvalue weighted by Crippen LogP contribution is -2.50. The van der Waals surface area contributed by atoms with Gasteiger partial charge in [-0.15, -0.1) is 21.5 Å². The molecular formula is C43H45Cl2N9O6S. The number of piperazine rings is 1. The summed E-state index contributed by atoms with van der Waals surface area (Å²) in [6.07, 6.45) is 2.60. The second-order valence-electron chi connectivity index (χ2n) is 14.4. The van der Waals surface area contributed by atoms with Crippen LogP contribution in [0.5, 0.6) is 5.88 Å². The average Bonchev–Trinajstić information content (AvgIpc) is 3.92. The lowest BCUT2D eigenvalue weighted by atomic mass is 10.00. The zero-order valence-corrected chi connectivity index (χ0v) is 36.6. The molecule has 318 valence electrons. The Labute approximate surface area is 366 Å². The minimum Gasteiger partial charge on any atom is -0.480 e. The topological polar surface area (TPSA) is 180 Å². The fourth-order valence-electron chi connectivity index (χ4n) is 7.35. The monoisotopic (exact) mass is 885 g/mol. The summed E-state index contributed by atoms with van der Waals surface area (Å²) in [5, 5.41) is 23.8. The summed E-state index contributed by atoms with van der Waals surface area (Å²) in [5.74, 6) is 1.58. The number of amides is 1. The Morgan fingerprint density at radius 1 is 1.03 bits per heavy atom. The maximum Gasteiger partial charge on any atom is 0.337 e. The zero-order chi connectivity index (χ0) is 43.4. The van der Waals surface area contributed by atoms with Crippen LogP contribution in [0.25, 0.3) is 27.0 Å². The van der Waals surface area contributed by atoms with E-state index in [0.29, 0.717) is 83.1 Å². The number of aliphatic imine (C=N–C) groups is 1. The third-order valence-electron chi connectivity index (χ3n) is 10.7. The van der Waals surface area contributed by atoms with Gasteiger partial charge in [0.2, 0.25) is 11.8 Å². The van der Waals surface area contributed by atoms with Crippen molar-refractivity contribution in [3.05, 3.63) is 104 Å². The first-order valence-corrected chi connectivity index (χ1v) is 21.2. The standard InChI is InChI=1S/C24H28ClN5O5.C19H17ClN4OS/c1-26-5-10-35-14-22(31)30-8-6-29(7-9-30)21-4-3-15(23(28-21)34-2)16-11-17-18(24(32)33)13-27-20(17)12-19(16)25;1-10-11(2)26-19-16(10)17(13-4-6-14(20)7-5-13)21-15(8-9-25)18-23-22-12(3)24(18)19/h3-4,11-13,26-27H,5-10,14H2,1-2H3,(H,32,33);4-7,9,15H,8H2,1-3H3. The molecule has 4 aromatic heterocycles. The van der Waals surface area contributed by atoms with Gasteiger partial charge in [0, 0.05) is 88.4 Å². The molecular weight excluding hydrogens is 842 g/mol. The number of carboxylic acids is 1. The number of nitrogens with zero attached hydrogens (tertiary/aromatic N) is 7. The summed E-state index contributed by atoms with van der Waals surface area (Å²) >= 11 is 14.3. The number of thiophene rings is 1. The Bertz CT molecular complexity index is 2610. The number of anilines is 1. The fourth-order valence-corrected chi connectivity index (χ4v) is 8.95. The number of hydrogen-bond donors (Lipinski definition) is 3. The summed E-state index contributed by atoms with van der Waals surface area (Å²) in [4.78, 5) is 52.9. The van der Waals surface area contributed by atoms with Crippen LogP contribution in [-0.4, -0.2) is 119 Å². The number of benzene rings is 2. The smallest absolute Gasteiger partial charge is 0.337 e. The van der Waals surface area contributed by atoms with Crippen molar-refractivity contribution < 1.29 is 29.0 Å². The molecule has 6 heterocycles. The van der Waals surface area contributed by atoms with Gasteiger partial charge in [-0.05, 0) is 69.8 Å². The van der Waals surface area contributed by atoms with Crippen molar-refractivity contribution in [3.63, 3.8) is 0 Å². The molecule has 61 heavy (non-hydrogen) atoms. The highest BCUT2D eigenvalue weighted by atomic mass is 35.5. The highest BCUT2D eigenvalue weighted by molar-refractivity contribution is 7.15. The molecule has 0 radical (unpaired) electrons. The van der Waals surface area contributed by atoms with Crippen molar-refractivity contribution in [3.8, 4) is 22.0 Å². The van der Waals surface area contributed by atoms with E-state index in [4.69, 9.17) is 37.7 Å². The number of carboxylic acid groups (broad SMARTS) is 1. The third kappa shape index (κ3) is 9.04. The number of ether oxygens (including phenoxy) is 2.